The first-order chi connectivity index (χ1) is 12.0. The molecule has 0 radical (unpaired) electrons. The van der Waals surface area contributed by atoms with Gasteiger partial charge in [0.2, 0.25) is 0 Å². The fourth-order valence-electron chi connectivity index (χ4n) is 2.41. The Morgan fingerprint density at radius 3 is 2.48 bits per heavy atom. The topological polar surface area (TPSA) is 62.6 Å². The van der Waals surface area contributed by atoms with Crippen LogP contribution in [0.5, 0.6) is 11.5 Å². The molecule has 128 valence electrons. The molecule has 1 heterocycles. The molecular weight excluding hydrogens is 343 g/mol. The maximum Gasteiger partial charge on any atom is 0.271 e. The summed E-state index contributed by atoms with van der Waals surface area (Å²) in [5, 5.41) is 8.14. The first-order valence-electron chi connectivity index (χ1n) is 7.33. The number of hydrogen-bond donors (Lipinski definition) is 1. The molecule has 1 amide bonds. The quantitative estimate of drug-likeness (QED) is 0.842. The van der Waals surface area contributed by atoms with Crippen molar-refractivity contribution >= 4 is 34.6 Å². The molecule has 2 aromatic rings. The number of hydrogen-bond acceptors (Lipinski definition) is 5. The van der Waals surface area contributed by atoms with E-state index in [4.69, 9.17) is 14.9 Å². The summed E-state index contributed by atoms with van der Waals surface area (Å²) in [5.41, 5.74) is 1.12. The van der Waals surface area contributed by atoms with E-state index < -0.39 is 5.82 Å². The number of nitrogens with zero attached hydrogens (tertiary/aromatic N) is 1. The molecule has 1 fully saturated rings. The van der Waals surface area contributed by atoms with Crippen molar-refractivity contribution in [2.75, 3.05) is 19.1 Å². The van der Waals surface area contributed by atoms with E-state index in [1.807, 2.05) is 0 Å². The highest BCUT2D eigenvalue weighted by molar-refractivity contribution is 8.19. The largest absolute Gasteiger partial charge is 0.497 e. The van der Waals surface area contributed by atoms with Crippen LogP contribution in [0.2, 0.25) is 0 Å². The molecule has 0 bridgehead atoms. The minimum absolute atomic E-state index is 0.0599. The van der Waals surface area contributed by atoms with Crippen molar-refractivity contribution in [1.82, 2.24) is 0 Å². The standard InChI is InChI=1S/C18H15FN2O3S/c1-23-14-7-8-15(24-2)11(9-14)10-16-17(22)21(18(20)25-16)13-5-3-12(19)4-6-13/h3-10,20H,1-2H3. The normalized spacial score (nSPS) is 15.8. The summed E-state index contributed by atoms with van der Waals surface area (Å²) in [7, 11) is 3.10. The van der Waals surface area contributed by atoms with Gasteiger partial charge in [-0.25, -0.2) is 4.39 Å². The van der Waals surface area contributed by atoms with E-state index in [1.54, 1.807) is 38.5 Å². The second-order valence-corrected chi connectivity index (χ2v) is 6.17. The predicted molar refractivity (Wildman–Crippen MR) is 96.7 cm³/mol. The van der Waals surface area contributed by atoms with E-state index in [0.717, 1.165) is 11.8 Å². The van der Waals surface area contributed by atoms with Crippen molar-refractivity contribution in [3.8, 4) is 11.5 Å². The molecule has 0 spiro atoms. The summed E-state index contributed by atoms with van der Waals surface area (Å²) in [6.07, 6.45) is 1.66. The molecule has 1 aliphatic rings. The number of methoxy groups -OCH3 is 2. The van der Waals surface area contributed by atoms with E-state index in [0.29, 0.717) is 27.7 Å². The maximum atomic E-state index is 13.1. The molecule has 1 aliphatic heterocycles. The van der Waals surface area contributed by atoms with Crippen molar-refractivity contribution in [3.63, 3.8) is 0 Å². The number of benzene rings is 2. The summed E-state index contributed by atoms with van der Waals surface area (Å²) in [4.78, 5) is 14.3. The lowest BCUT2D eigenvalue weighted by atomic mass is 10.1. The Kier molecular flexibility index (Phi) is 4.76. The van der Waals surface area contributed by atoms with Crippen molar-refractivity contribution in [2.45, 2.75) is 0 Å². The molecule has 1 saturated heterocycles. The predicted octanol–water partition coefficient (Wildman–Crippen LogP) is 3.90. The van der Waals surface area contributed by atoms with Crippen LogP contribution in [0, 0.1) is 11.2 Å². The van der Waals surface area contributed by atoms with Crippen LogP contribution in [0.4, 0.5) is 10.1 Å². The smallest absolute Gasteiger partial charge is 0.271 e. The Morgan fingerprint density at radius 2 is 1.84 bits per heavy atom. The number of thioether (sulfide) groups is 1. The summed E-state index contributed by atoms with van der Waals surface area (Å²) in [6, 6.07) is 10.7. The van der Waals surface area contributed by atoms with E-state index in [9.17, 15) is 9.18 Å². The van der Waals surface area contributed by atoms with E-state index >= 15 is 0 Å². The molecule has 5 nitrogen and oxygen atoms in total. The van der Waals surface area contributed by atoms with Gasteiger partial charge in [0.15, 0.2) is 5.17 Å². The van der Waals surface area contributed by atoms with E-state index in [-0.39, 0.29) is 11.1 Å². The number of halogens is 1. The number of amidine groups is 1. The summed E-state index contributed by atoms with van der Waals surface area (Å²) < 4.78 is 23.6. The highest BCUT2D eigenvalue weighted by Gasteiger charge is 2.33. The molecule has 25 heavy (non-hydrogen) atoms. The Morgan fingerprint density at radius 1 is 1.12 bits per heavy atom. The second-order valence-electron chi connectivity index (χ2n) is 5.14. The average Bonchev–Trinajstić information content (AvgIpc) is 2.89. The second kappa shape index (κ2) is 6.98. The fourth-order valence-corrected chi connectivity index (χ4v) is 3.26. The molecule has 7 heteroatoms. The average molecular weight is 358 g/mol. The van der Waals surface area contributed by atoms with Crippen LogP contribution in [0.25, 0.3) is 6.08 Å². The molecule has 2 aromatic carbocycles. The Balaban J connectivity index is 1.97. The Labute approximate surface area is 148 Å². The Hall–Kier alpha value is -2.80. The van der Waals surface area contributed by atoms with Crippen molar-refractivity contribution in [1.29, 1.82) is 5.41 Å². The molecule has 0 aromatic heterocycles. The summed E-state index contributed by atoms with van der Waals surface area (Å²) in [6.45, 7) is 0. The molecule has 1 N–H and O–H groups in total. The van der Waals surface area contributed by atoms with Crippen molar-refractivity contribution in [3.05, 3.63) is 58.8 Å². The van der Waals surface area contributed by atoms with Crippen LogP contribution in [0.15, 0.2) is 47.4 Å². The number of anilines is 1. The van der Waals surface area contributed by atoms with Gasteiger partial charge in [0.05, 0.1) is 24.8 Å². The van der Waals surface area contributed by atoms with E-state index in [2.05, 4.69) is 0 Å². The summed E-state index contributed by atoms with van der Waals surface area (Å²) in [5.74, 6) is 0.486. The number of nitrogens with one attached hydrogen (secondary N) is 1. The zero-order valence-electron chi connectivity index (χ0n) is 13.6. The fraction of sp³-hybridized carbons (Fsp3) is 0.111. The number of carbonyl (C=O) groups excluding carboxylic acids is 1. The SMILES string of the molecule is COc1ccc(OC)c(C=C2SC(=N)N(c3ccc(F)cc3)C2=O)c1. The van der Waals surface area contributed by atoms with Gasteiger partial charge in [0.25, 0.3) is 5.91 Å². The first-order valence-corrected chi connectivity index (χ1v) is 8.15. The molecule has 3 rings (SSSR count). The number of amides is 1. The number of ether oxygens (including phenoxy) is 2. The van der Waals surface area contributed by atoms with E-state index in [1.165, 1.54) is 29.2 Å². The van der Waals surface area contributed by atoms with Gasteiger partial charge in [0, 0.05) is 5.56 Å². The van der Waals surface area contributed by atoms with Crippen LogP contribution in [-0.2, 0) is 4.79 Å². The molecule has 0 unspecified atom stereocenters. The Bertz CT molecular complexity index is 865. The third-order valence-corrected chi connectivity index (χ3v) is 4.52. The highest BCUT2D eigenvalue weighted by Crippen LogP contribution is 2.37. The van der Waals surface area contributed by atoms with Crippen molar-refractivity contribution in [2.24, 2.45) is 0 Å². The number of rotatable bonds is 4. The minimum Gasteiger partial charge on any atom is -0.497 e. The van der Waals surface area contributed by atoms with Gasteiger partial charge >= 0.3 is 0 Å². The van der Waals surface area contributed by atoms with Crippen LogP contribution < -0.4 is 14.4 Å². The maximum absolute atomic E-state index is 13.1. The zero-order chi connectivity index (χ0) is 18.0. The van der Waals surface area contributed by atoms with Crippen LogP contribution in [0.3, 0.4) is 0 Å². The van der Waals surface area contributed by atoms with Crippen molar-refractivity contribution < 1.29 is 18.7 Å². The van der Waals surface area contributed by atoms with Gasteiger partial charge in [-0.1, -0.05) is 0 Å². The minimum atomic E-state index is -0.397. The molecule has 0 saturated carbocycles. The first kappa shape index (κ1) is 17.0. The lowest BCUT2D eigenvalue weighted by Crippen LogP contribution is -2.28. The lowest BCUT2D eigenvalue weighted by Gasteiger charge is -2.14. The summed E-state index contributed by atoms with van der Waals surface area (Å²) >= 11 is 1.04. The zero-order valence-corrected chi connectivity index (χ0v) is 14.4. The lowest BCUT2D eigenvalue weighted by molar-refractivity contribution is -0.113. The third-order valence-electron chi connectivity index (χ3n) is 3.63. The van der Waals surface area contributed by atoms with Gasteiger partial charge in [-0.05, 0) is 60.3 Å². The van der Waals surface area contributed by atoms with Gasteiger partial charge in [-0.2, -0.15) is 0 Å². The molecule has 0 atom stereocenters. The van der Waals surface area contributed by atoms with Crippen LogP contribution in [-0.4, -0.2) is 25.3 Å². The van der Waals surface area contributed by atoms with Crippen LogP contribution >= 0.6 is 11.8 Å². The monoisotopic (exact) mass is 358 g/mol. The van der Waals surface area contributed by atoms with Gasteiger partial charge in [0.1, 0.15) is 17.3 Å². The van der Waals surface area contributed by atoms with Gasteiger partial charge in [-0.3, -0.25) is 15.1 Å². The van der Waals surface area contributed by atoms with Gasteiger partial charge < -0.3 is 9.47 Å². The van der Waals surface area contributed by atoms with Gasteiger partial charge in [-0.15, -0.1) is 0 Å². The molecular formula is C18H15FN2O3S. The highest BCUT2D eigenvalue weighted by atomic mass is 32.2. The number of carbonyl (C=O) groups is 1. The third kappa shape index (κ3) is 3.36. The molecule has 0 aliphatic carbocycles. The van der Waals surface area contributed by atoms with Crippen LogP contribution in [0.1, 0.15) is 5.56 Å².